The van der Waals surface area contributed by atoms with Crippen molar-refractivity contribution in [2.45, 2.75) is 6.04 Å². The molecular weight excluding hydrogens is 342 g/mol. The van der Waals surface area contributed by atoms with Crippen LogP contribution in [0.15, 0.2) is 54.6 Å². The molecule has 2 aromatic carbocycles. The first kappa shape index (κ1) is 20.5. The van der Waals surface area contributed by atoms with Crippen LogP contribution in [0, 0.1) is 0 Å². The minimum atomic E-state index is -0.262. The van der Waals surface area contributed by atoms with Crippen LogP contribution in [0.5, 0.6) is 5.75 Å². The summed E-state index contributed by atoms with van der Waals surface area (Å²) in [5.74, 6) is 0.655. The van der Waals surface area contributed by atoms with E-state index in [1.807, 2.05) is 61.6 Å². The Bertz CT molecular complexity index is 745. The van der Waals surface area contributed by atoms with Crippen LogP contribution in [-0.4, -0.2) is 58.1 Å². The van der Waals surface area contributed by atoms with E-state index < -0.39 is 0 Å². The highest BCUT2D eigenvalue weighted by molar-refractivity contribution is 5.79. The van der Waals surface area contributed by atoms with E-state index in [1.54, 1.807) is 21.2 Å². The third kappa shape index (κ3) is 6.11. The maximum Gasteiger partial charge on any atom is 0.277 e. The molecule has 27 heavy (non-hydrogen) atoms. The summed E-state index contributed by atoms with van der Waals surface area (Å²) in [6.45, 7) is 0.498. The van der Waals surface area contributed by atoms with Crippen LogP contribution >= 0.6 is 0 Å². The van der Waals surface area contributed by atoms with Crippen molar-refractivity contribution in [1.82, 2.24) is 10.2 Å². The molecule has 0 aromatic heterocycles. The SMILES string of the molecule is COc1ccc([C@@H](NC(=O)C[NH+](C)CC(=O)N(C)C)c2ccccc2)cc1. The lowest BCUT2D eigenvalue weighted by Crippen LogP contribution is -3.11. The number of quaternary nitrogens is 1. The van der Waals surface area contributed by atoms with Gasteiger partial charge < -0.3 is 19.9 Å². The van der Waals surface area contributed by atoms with Gasteiger partial charge in [0, 0.05) is 14.1 Å². The van der Waals surface area contributed by atoms with Crippen LogP contribution in [-0.2, 0) is 9.59 Å². The van der Waals surface area contributed by atoms with E-state index in [0.717, 1.165) is 21.8 Å². The Morgan fingerprint density at radius 1 is 1.00 bits per heavy atom. The van der Waals surface area contributed by atoms with Crippen LogP contribution in [0.3, 0.4) is 0 Å². The lowest BCUT2D eigenvalue weighted by atomic mass is 9.98. The Kier molecular flexibility index (Phi) is 7.37. The number of carbonyl (C=O) groups excluding carboxylic acids is 2. The number of benzene rings is 2. The third-order valence-corrected chi connectivity index (χ3v) is 4.30. The van der Waals surface area contributed by atoms with Crippen LogP contribution in [0.2, 0.25) is 0 Å². The van der Waals surface area contributed by atoms with Crippen LogP contribution in [0.4, 0.5) is 0 Å². The van der Waals surface area contributed by atoms with Gasteiger partial charge in [0.2, 0.25) is 0 Å². The average Bonchev–Trinajstić information content (AvgIpc) is 2.66. The quantitative estimate of drug-likeness (QED) is 0.712. The van der Waals surface area contributed by atoms with Crippen molar-refractivity contribution < 1.29 is 19.2 Å². The highest BCUT2D eigenvalue weighted by Gasteiger charge is 2.20. The van der Waals surface area contributed by atoms with Gasteiger partial charge in [0.05, 0.1) is 20.2 Å². The van der Waals surface area contributed by atoms with Gasteiger partial charge in [-0.2, -0.15) is 0 Å². The van der Waals surface area contributed by atoms with E-state index in [-0.39, 0.29) is 30.9 Å². The second kappa shape index (κ2) is 9.73. The molecule has 6 heteroatoms. The largest absolute Gasteiger partial charge is 0.497 e. The number of nitrogens with zero attached hydrogens (tertiary/aromatic N) is 1. The maximum absolute atomic E-state index is 12.6. The number of ether oxygens (including phenoxy) is 1. The Morgan fingerprint density at radius 2 is 1.59 bits per heavy atom. The van der Waals surface area contributed by atoms with Crippen LogP contribution in [0.1, 0.15) is 17.2 Å². The zero-order valence-corrected chi connectivity index (χ0v) is 16.4. The van der Waals surface area contributed by atoms with E-state index in [1.165, 1.54) is 4.90 Å². The summed E-state index contributed by atoms with van der Waals surface area (Å²) in [6.07, 6.45) is 0. The monoisotopic (exact) mass is 370 g/mol. The second-order valence-electron chi connectivity index (χ2n) is 6.78. The van der Waals surface area contributed by atoms with Crippen molar-refractivity contribution in [3.8, 4) is 5.75 Å². The van der Waals surface area contributed by atoms with Crippen LogP contribution < -0.4 is 15.0 Å². The number of hydrogen-bond acceptors (Lipinski definition) is 3. The molecule has 0 saturated heterocycles. The van der Waals surface area contributed by atoms with E-state index in [2.05, 4.69) is 5.32 Å². The molecule has 2 aromatic rings. The van der Waals surface area contributed by atoms with Gasteiger partial charge >= 0.3 is 0 Å². The number of methoxy groups -OCH3 is 1. The molecule has 0 bridgehead atoms. The molecule has 0 radical (unpaired) electrons. The number of nitrogens with one attached hydrogen (secondary N) is 2. The molecule has 0 saturated carbocycles. The number of hydrogen-bond donors (Lipinski definition) is 2. The van der Waals surface area contributed by atoms with Crippen molar-refractivity contribution in [1.29, 1.82) is 0 Å². The standard InChI is InChI=1S/C21H27N3O3/c1-23(2)20(26)15-24(3)14-19(25)22-21(16-8-6-5-7-9-16)17-10-12-18(27-4)13-11-17/h5-13,21H,14-15H2,1-4H3,(H,22,25)/p+1/t21-/m0/s1. The lowest BCUT2D eigenvalue weighted by molar-refractivity contribution is -0.862. The summed E-state index contributed by atoms with van der Waals surface area (Å²) in [7, 11) is 6.89. The molecule has 2 atom stereocenters. The summed E-state index contributed by atoms with van der Waals surface area (Å²) in [6, 6.07) is 17.2. The molecule has 1 unspecified atom stereocenters. The molecular formula is C21H28N3O3+. The summed E-state index contributed by atoms with van der Waals surface area (Å²) < 4.78 is 5.22. The first-order valence-corrected chi connectivity index (χ1v) is 8.90. The fourth-order valence-corrected chi connectivity index (χ4v) is 2.77. The van der Waals surface area contributed by atoms with E-state index in [4.69, 9.17) is 4.74 Å². The Labute approximate surface area is 160 Å². The summed E-state index contributed by atoms with van der Waals surface area (Å²) >= 11 is 0. The lowest BCUT2D eigenvalue weighted by Gasteiger charge is -2.22. The fraction of sp³-hybridized carbons (Fsp3) is 0.333. The minimum Gasteiger partial charge on any atom is -0.497 e. The van der Waals surface area contributed by atoms with Crippen molar-refractivity contribution in [3.05, 3.63) is 65.7 Å². The van der Waals surface area contributed by atoms with Gasteiger partial charge in [0.1, 0.15) is 5.75 Å². The topological polar surface area (TPSA) is 63.1 Å². The summed E-state index contributed by atoms with van der Waals surface area (Å²) in [5, 5.41) is 3.09. The van der Waals surface area contributed by atoms with Gasteiger partial charge in [-0.1, -0.05) is 42.5 Å². The molecule has 0 fully saturated rings. The Hall–Kier alpha value is -2.86. The van der Waals surface area contributed by atoms with Crippen LogP contribution in [0.25, 0.3) is 0 Å². The normalized spacial score (nSPS) is 12.7. The molecule has 0 aliphatic heterocycles. The zero-order chi connectivity index (χ0) is 19.8. The Balaban J connectivity index is 2.12. The van der Waals surface area contributed by atoms with Crippen molar-refractivity contribution in [2.24, 2.45) is 0 Å². The van der Waals surface area contributed by atoms with Gasteiger partial charge in [0.15, 0.2) is 13.1 Å². The fourth-order valence-electron chi connectivity index (χ4n) is 2.77. The number of likely N-dealkylation sites (N-methyl/N-ethyl adjacent to an activating group) is 2. The number of rotatable bonds is 8. The van der Waals surface area contributed by atoms with E-state index >= 15 is 0 Å². The second-order valence-corrected chi connectivity index (χ2v) is 6.78. The van der Waals surface area contributed by atoms with E-state index in [0.29, 0.717) is 0 Å². The third-order valence-electron chi connectivity index (χ3n) is 4.30. The highest BCUT2D eigenvalue weighted by atomic mass is 16.5. The molecule has 0 spiro atoms. The van der Waals surface area contributed by atoms with Gasteiger partial charge in [0.25, 0.3) is 11.8 Å². The average molecular weight is 370 g/mol. The van der Waals surface area contributed by atoms with Gasteiger partial charge in [-0.15, -0.1) is 0 Å². The predicted molar refractivity (Wildman–Crippen MR) is 105 cm³/mol. The van der Waals surface area contributed by atoms with Crippen molar-refractivity contribution >= 4 is 11.8 Å². The molecule has 144 valence electrons. The predicted octanol–water partition coefficient (Wildman–Crippen LogP) is 0.504. The molecule has 0 aliphatic carbocycles. The number of carbonyl (C=O) groups is 2. The molecule has 2 N–H and O–H groups in total. The first-order valence-electron chi connectivity index (χ1n) is 8.90. The van der Waals surface area contributed by atoms with Gasteiger partial charge in [-0.25, -0.2) is 0 Å². The smallest absolute Gasteiger partial charge is 0.277 e. The maximum atomic E-state index is 12.6. The molecule has 0 heterocycles. The zero-order valence-electron chi connectivity index (χ0n) is 16.4. The first-order chi connectivity index (χ1) is 12.9. The van der Waals surface area contributed by atoms with Gasteiger partial charge in [-0.05, 0) is 23.3 Å². The molecule has 6 nitrogen and oxygen atoms in total. The summed E-state index contributed by atoms with van der Waals surface area (Å²) in [4.78, 5) is 26.8. The van der Waals surface area contributed by atoms with E-state index in [9.17, 15) is 9.59 Å². The summed E-state index contributed by atoms with van der Waals surface area (Å²) in [5.41, 5.74) is 1.97. The Morgan fingerprint density at radius 3 is 2.15 bits per heavy atom. The highest BCUT2D eigenvalue weighted by Crippen LogP contribution is 2.23. The number of amides is 2. The molecule has 2 amide bonds. The van der Waals surface area contributed by atoms with Gasteiger partial charge in [-0.3, -0.25) is 9.59 Å². The molecule has 0 aliphatic rings. The minimum absolute atomic E-state index is 0.00457. The van der Waals surface area contributed by atoms with Crippen molar-refractivity contribution in [3.63, 3.8) is 0 Å². The molecule has 2 rings (SSSR count). The van der Waals surface area contributed by atoms with Crippen molar-refractivity contribution in [2.75, 3.05) is 41.3 Å².